The zero-order chi connectivity index (χ0) is 10.7. The van der Waals surface area contributed by atoms with Gasteiger partial charge in [-0.15, -0.1) is 0 Å². The highest BCUT2D eigenvalue weighted by atomic mass is 16.3. The van der Waals surface area contributed by atoms with Crippen molar-refractivity contribution in [3.63, 3.8) is 0 Å². The van der Waals surface area contributed by atoms with E-state index in [-0.39, 0.29) is 6.10 Å². The molecule has 1 unspecified atom stereocenters. The molecule has 1 aromatic rings. The van der Waals surface area contributed by atoms with E-state index in [2.05, 4.69) is 21.4 Å². The van der Waals surface area contributed by atoms with E-state index in [1.165, 1.54) is 0 Å². The van der Waals surface area contributed by atoms with Crippen LogP contribution in [0.1, 0.15) is 25.6 Å². The van der Waals surface area contributed by atoms with Crippen LogP contribution in [0.4, 0.5) is 0 Å². The average molecular weight is 209 g/mol. The standard InChI is InChI=1S/C11H19N3O/c1-2-14-7-5-12-11(14)9-13-6-3-4-10(15)8-13/h5,7,10,15H,2-4,6,8-9H2,1H3. The lowest BCUT2D eigenvalue weighted by Crippen LogP contribution is -2.38. The van der Waals surface area contributed by atoms with Gasteiger partial charge >= 0.3 is 0 Å². The third kappa shape index (κ3) is 2.58. The molecule has 4 heteroatoms. The van der Waals surface area contributed by atoms with Crippen molar-refractivity contribution in [3.05, 3.63) is 18.2 Å². The lowest BCUT2D eigenvalue weighted by Gasteiger charge is -2.29. The molecule has 1 aliphatic heterocycles. The molecular formula is C11H19N3O. The Morgan fingerprint density at radius 1 is 1.60 bits per heavy atom. The number of β-amino-alcohol motifs (C(OH)–C–C–N with tert-alkyl or cyclic N) is 1. The lowest BCUT2D eigenvalue weighted by molar-refractivity contribution is 0.0649. The van der Waals surface area contributed by atoms with E-state index in [0.717, 1.165) is 44.8 Å². The second-order valence-corrected chi connectivity index (χ2v) is 4.16. The van der Waals surface area contributed by atoms with Crippen LogP contribution in [-0.4, -0.2) is 38.8 Å². The first-order valence-electron chi connectivity index (χ1n) is 5.70. The van der Waals surface area contributed by atoms with E-state index in [1.54, 1.807) is 0 Å². The van der Waals surface area contributed by atoms with Gasteiger partial charge in [0.2, 0.25) is 0 Å². The molecule has 1 N–H and O–H groups in total. The van der Waals surface area contributed by atoms with Crippen LogP contribution in [0.3, 0.4) is 0 Å². The average Bonchev–Trinajstić information content (AvgIpc) is 2.65. The quantitative estimate of drug-likeness (QED) is 0.802. The number of aliphatic hydroxyl groups excluding tert-OH is 1. The van der Waals surface area contributed by atoms with Crippen LogP contribution in [0.25, 0.3) is 0 Å². The van der Waals surface area contributed by atoms with E-state index in [9.17, 15) is 5.11 Å². The second kappa shape index (κ2) is 4.77. The molecule has 1 fully saturated rings. The highest BCUT2D eigenvalue weighted by molar-refractivity contribution is 4.92. The fourth-order valence-corrected chi connectivity index (χ4v) is 2.15. The number of piperidine rings is 1. The smallest absolute Gasteiger partial charge is 0.122 e. The van der Waals surface area contributed by atoms with Gasteiger partial charge in [0.05, 0.1) is 12.6 Å². The summed E-state index contributed by atoms with van der Waals surface area (Å²) in [7, 11) is 0. The number of hydrogen-bond acceptors (Lipinski definition) is 3. The van der Waals surface area contributed by atoms with Crippen LogP contribution in [0.15, 0.2) is 12.4 Å². The van der Waals surface area contributed by atoms with Gasteiger partial charge in [-0.3, -0.25) is 4.90 Å². The maximum atomic E-state index is 9.57. The Balaban J connectivity index is 1.96. The Kier molecular flexibility index (Phi) is 3.38. The summed E-state index contributed by atoms with van der Waals surface area (Å²) in [5, 5.41) is 9.57. The summed E-state index contributed by atoms with van der Waals surface area (Å²) in [5.41, 5.74) is 0. The molecule has 15 heavy (non-hydrogen) atoms. The molecule has 84 valence electrons. The SMILES string of the molecule is CCn1ccnc1CN1CCCC(O)C1. The number of hydrogen-bond donors (Lipinski definition) is 1. The summed E-state index contributed by atoms with van der Waals surface area (Å²) in [6, 6.07) is 0. The molecule has 1 saturated heterocycles. The summed E-state index contributed by atoms with van der Waals surface area (Å²) in [6.07, 6.45) is 5.74. The Morgan fingerprint density at radius 3 is 3.20 bits per heavy atom. The molecule has 0 aromatic carbocycles. The minimum atomic E-state index is -0.149. The van der Waals surface area contributed by atoms with Crippen LogP contribution < -0.4 is 0 Å². The first kappa shape index (κ1) is 10.6. The van der Waals surface area contributed by atoms with Crippen LogP contribution >= 0.6 is 0 Å². The molecule has 2 rings (SSSR count). The van der Waals surface area contributed by atoms with E-state index in [0.29, 0.717) is 0 Å². The minimum absolute atomic E-state index is 0.149. The molecular weight excluding hydrogens is 190 g/mol. The first-order valence-corrected chi connectivity index (χ1v) is 5.70. The summed E-state index contributed by atoms with van der Waals surface area (Å²) < 4.78 is 2.15. The maximum Gasteiger partial charge on any atom is 0.122 e. The molecule has 0 aliphatic carbocycles. The number of aromatic nitrogens is 2. The van der Waals surface area contributed by atoms with Gasteiger partial charge in [-0.05, 0) is 26.3 Å². The monoisotopic (exact) mass is 209 g/mol. The van der Waals surface area contributed by atoms with E-state index < -0.39 is 0 Å². The summed E-state index contributed by atoms with van der Waals surface area (Å²) in [5.74, 6) is 1.10. The van der Waals surface area contributed by atoms with Crippen molar-refractivity contribution in [1.82, 2.24) is 14.5 Å². The van der Waals surface area contributed by atoms with Crippen LogP contribution in [0, 0.1) is 0 Å². The zero-order valence-corrected chi connectivity index (χ0v) is 9.26. The normalized spacial score (nSPS) is 23.2. The first-order chi connectivity index (χ1) is 7.29. The third-order valence-corrected chi connectivity index (χ3v) is 2.99. The Bertz CT molecular complexity index is 311. The van der Waals surface area contributed by atoms with Crippen molar-refractivity contribution in [3.8, 4) is 0 Å². The highest BCUT2D eigenvalue weighted by Crippen LogP contribution is 2.12. The summed E-state index contributed by atoms with van der Waals surface area (Å²) in [4.78, 5) is 6.63. The van der Waals surface area contributed by atoms with Gasteiger partial charge in [0.25, 0.3) is 0 Å². The van der Waals surface area contributed by atoms with Gasteiger partial charge in [-0.2, -0.15) is 0 Å². The van der Waals surface area contributed by atoms with Crippen molar-refractivity contribution < 1.29 is 5.11 Å². The highest BCUT2D eigenvalue weighted by Gasteiger charge is 2.18. The Labute approximate surface area is 90.5 Å². The molecule has 2 heterocycles. The van der Waals surface area contributed by atoms with Gasteiger partial charge in [-0.25, -0.2) is 4.98 Å². The molecule has 0 radical (unpaired) electrons. The largest absolute Gasteiger partial charge is 0.392 e. The van der Waals surface area contributed by atoms with Gasteiger partial charge in [0.1, 0.15) is 5.82 Å². The Morgan fingerprint density at radius 2 is 2.47 bits per heavy atom. The van der Waals surface area contributed by atoms with Crippen molar-refractivity contribution in [2.24, 2.45) is 0 Å². The van der Waals surface area contributed by atoms with Gasteiger partial charge in [-0.1, -0.05) is 0 Å². The third-order valence-electron chi connectivity index (χ3n) is 2.99. The van der Waals surface area contributed by atoms with Crippen LogP contribution in [0.5, 0.6) is 0 Å². The fourth-order valence-electron chi connectivity index (χ4n) is 2.15. The van der Waals surface area contributed by atoms with Gasteiger partial charge < -0.3 is 9.67 Å². The number of aliphatic hydroxyl groups is 1. The molecule has 1 aliphatic rings. The molecule has 0 spiro atoms. The van der Waals surface area contributed by atoms with Crippen molar-refractivity contribution in [2.75, 3.05) is 13.1 Å². The number of aryl methyl sites for hydroxylation is 1. The topological polar surface area (TPSA) is 41.3 Å². The van der Waals surface area contributed by atoms with Crippen LogP contribution in [-0.2, 0) is 13.1 Å². The Hall–Kier alpha value is -0.870. The predicted octanol–water partition coefficient (Wildman–Crippen LogP) is 0.860. The van der Waals surface area contributed by atoms with Crippen molar-refractivity contribution in [2.45, 2.75) is 39.0 Å². The zero-order valence-electron chi connectivity index (χ0n) is 9.26. The maximum absolute atomic E-state index is 9.57. The number of rotatable bonds is 3. The van der Waals surface area contributed by atoms with Crippen molar-refractivity contribution in [1.29, 1.82) is 0 Å². The number of likely N-dealkylation sites (tertiary alicyclic amines) is 1. The lowest BCUT2D eigenvalue weighted by atomic mass is 10.1. The van der Waals surface area contributed by atoms with E-state index >= 15 is 0 Å². The summed E-state index contributed by atoms with van der Waals surface area (Å²) >= 11 is 0. The number of imidazole rings is 1. The molecule has 0 amide bonds. The molecule has 4 nitrogen and oxygen atoms in total. The second-order valence-electron chi connectivity index (χ2n) is 4.16. The predicted molar refractivity (Wildman–Crippen MR) is 58.4 cm³/mol. The minimum Gasteiger partial charge on any atom is -0.392 e. The molecule has 0 bridgehead atoms. The van der Waals surface area contributed by atoms with E-state index in [1.807, 2.05) is 12.4 Å². The molecule has 1 atom stereocenters. The van der Waals surface area contributed by atoms with E-state index in [4.69, 9.17) is 0 Å². The number of nitrogens with zero attached hydrogens (tertiary/aromatic N) is 3. The fraction of sp³-hybridized carbons (Fsp3) is 0.727. The van der Waals surface area contributed by atoms with Gasteiger partial charge in [0, 0.05) is 25.5 Å². The van der Waals surface area contributed by atoms with Gasteiger partial charge in [0.15, 0.2) is 0 Å². The summed E-state index contributed by atoms with van der Waals surface area (Å²) in [6.45, 7) is 5.81. The molecule has 1 aromatic heterocycles. The van der Waals surface area contributed by atoms with Crippen molar-refractivity contribution >= 4 is 0 Å². The molecule has 0 saturated carbocycles. The van der Waals surface area contributed by atoms with Crippen LogP contribution in [0.2, 0.25) is 0 Å².